The van der Waals surface area contributed by atoms with Gasteiger partial charge in [0.1, 0.15) is 6.33 Å². The highest BCUT2D eigenvalue weighted by Gasteiger charge is 2.35. The molecule has 0 amide bonds. The van der Waals surface area contributed by atoms with E-state index in [1.807, 2.05) is 0 Å². The van der Waals surface area contributed by atoms with Crippen molar-refractivity contribution in [2.75, 3.05) is 7.11 Å². The van der Waals surface area contributed by atoms with Gasteiger partial charge in [-0.15, -0.1) is 0 Å². The zero-order valence-electron chi connectivity index (χ0n) is 8.62. The molecule has 0 aliphatic heterocycles. The van der Waals surface area contributed by atoms with Gasteiger partial charge in [-0.25, -0.2) is 9.97 Å². The molecule has 0 saturated carbocycles. The lowest BCUT2D eigenvalue weighted by Crippen LogP contribution is -2.09. The highest BCUT2D eigenvalue weighted by atomic mass is 19.4. The van der Waals surface area contributed by atoms with Crippen LogP contribution in [0.5, 0.6) is 5.88 Å². The first-order valence-corrected chi connectivity index (χ1v) is 4.49. The molecule has 0 spiro atoms. The Labute approximate surface area is 93.7 Å². The van der Waals surface area contributed by atoms with Gasteiger partial charge in [-0.1, -0.05) is 0 Å². The lowest BCUT2D eigenvalue weighted by Gasteiger charge is -2.11. The van der Waals surface area contributed by atoms with Gasteiger partial charge in [-0.05, 0) is 0 Å². The number of pyridine rings is 1. The zero-order chi connectivity index (χ0) is 12.5. The Morgan fingerprint density at radius 2 is 2.06 bits per heavy atom. The fourth-order valence-electron chi connectivity index (χ4n) is 1.31. The Kier molecular flexibility index (Phi) is 2.70. The minimum absolute atomic E-state index is 0.00692. The molecular weight excluding hydrogens is 237 g/mol. The van der Waals surface area contributed by atoms with Crippen LogP contribution in [0.25, 0.3) is 11.4 Å². The monoisotopic (exact) mass is 244 g/mol. The molecule has 5 nitrogen and oxygen atoms in total. The second kappa shape index (κ2) is 4.04. The Morgan fingerprint density at radius 1 is 1.29 bits per heavy atom. The number of hydrogen-bond donors (Lipinski definition) is 1. The minimum Gasteiger partial charge on any atom is -0.481 e. The summed E-state index contributed by atoms with van der Waals surface area (Å²) in [6.07, 6.45) is -2.35. The molecule has 90 valence electrons. The predicted octanol–water partition coefficient (Wildman–Crippen LogP) is 1.89. The molecule has 2 rings (SSSR count). The van der Waals surface area contributed by atoms with Crippen LogP contribution in [0.4, 0.5) is 13.2 Å². The molecule has 0 atom stereocenters. The molecule has 0 saturated heterocycles. The number of hydrogen-bond acceptors (Lipinski definition) is 4. The highest BCUT2D eigenvalue weighted by Crippen LogP contribution is 2.36. The summed E-state index contributed by atoms with van der Waals surface area (Å²) < 4.78 is 43.1. The van der Waals surface area contributed by atoms with Gasteiger partial charge in [0.25, 0.3) is 0 Å². The standard InChI is InChI=1S/C9H7F3N4O/c1-17-7-2-6(9(10,11)12)5(3-13-7)8-14-4-15-16-8/h2-4H,1H3,(H,14,15,16). The molecule has 2 heterocycles. The first-order valence-electron chi connectivity index (χ1n) is 4.49. The van der Waals surface area contributed by atoms with E-state index in [1.165, 1.54) is 7.11 Å². The van der Waals surface area contributed by atoms with Gasteiger partial charge in [-0.2, -0.15) is 18.3 Å². The van der Waals surface area contributed by atoms with Gasteiger partial charge >= 0.3 is 6.18 Å². The maximum atomic E-state index is 12.8. The van der Waals surface area contributed by atoms with Crippen LogP contribution in [-0.2, 0) is 6.18 Å². The molecule has 2 aromatic heterocycles. The lowest BCUT2D eigenvalue weighted by molar-refractivity contribution is -0.137. The Balaban J connectivity index is 2.59. The number of ether oxygens (including phenoxy) is 1. The van der Waals surface area contributed by atoms with E-state index >= 15 is 0 Å². The first kappa shape index (κ1) is 11.4. The van der Waals surface area contributed by atoms with Gasteiger partial charge < -0.3 is 4.74 Å². The van der Waals surface area contributed by atoms with Gasteiger partial charge in [0.15, 0.2) is 5.82 Å². The normalized spacial score (nSPS) is 11.5. The molecule has 0 bridgehead atoms. The van der Waals surface area contributed by atoms with Crippen LogP contribution >= 0.6 is 0 Å². The maximum absolute atomic E-state index is 12.8. The fourth-order valence-corrected chi connectivity index (χ4v) is 1.31. The van der Waals surface area contributed by atoms with Crippen molar-refractivity contribution in [2.45, 2.75) is 6.18 Å². The van der Waals surface area contributed by atoms with E-state index in [2.05, 4.69) is 24.9 Å². The van der Waals surface area contributed by atoms with E-state index in [9.17, 15) is 13.2 Å². The van der Waals surface area contributed by atoms with Crippen molar-refractivity contribution in [2.24, 2.45) is 0 Å². The summed E-state index contributed by atoms with van der Waals surface area (Å²) in [5.41, 5.74) is -1.04. The minimum atomic E-state index is -4.52. The molecule has 0 aliphatic rings. The molecule has 0 fully saturated rings. The number of H-pyrrole nitrogens is 1. The van der Waals surface area contributed by atoms with Crippen LogP contribution in [0.3, 0.4) is 0 Å². The molecule has 1 N–H and O–H groups in total. The largest absolute Gasteiger partial charge is 0.481 e. The molecule has 0 aliphatic carbocycles. The second-order valence-corrected chi connectivity index (χ2v) is 3.10. The van der Waals surface area contributed by atoms with Crippen molar-refractivity contribution >= 4 is 0 Å². The van der Waals surface area contributed by atoms with Crippen molar-refractivity contribution in [1.29, 1.82) is 0 Å². The summed E-state index contributed by atoms with van der Waals surface area (Å²) >= 11 is 0. The molecule has 0 unspecified atom stereocenters. The summed E-state index contributed by atoms with van der Waals surface area (Å²) in [6, 6.07) is 0.817. The second-order valence-electron chi connectivity index (χ2n) is 3.10. The predicted molar refractivity (Wildman–Crippen MR) is 51.2 cm³/mol. The number of rotatable bonds is 2. The number of nitrogens with zero attached hydrogens (tertiary/aromatic N) is 3. The van der Waals surface area contributed by atoms with E-state index in [-0.39, 0.29) is 17.3 Å². The molecule has 2 aromatic rings. The Bertz CT molecular complexity index is 509. The molecular formula is C9H7F3N4O. The number of methoxy groups -OCH3 is 1. The van der Waals surface area contributed by atoms with E-state index in [0.717, 1.165) is 18.6 Å². The van der Waals surface area contributed by atoms with Crippen LogP contribution in [0.15, 0.2) is 18.6 Å². The average molecular weight is 244 g/mol. The Morgan fingerprint density at radius 3 is 2.59 bits per heavy atom. The summed E-state index contributed by atoms with van der Waals surface area (Å²) in [6.45, 7) is 0. The van der Waals surface area contributed by atoms with Crippen LogP contribution < -0.4 is 4.74 Å². The summed E-state index contributed by atoms with van der Waals surface area (Å²) in [4.78, 5) is 7.39. The Hall–Kier alpha value is -2.12. The third kappa shape index (κ3) is 2.19. The van der Waals surface area contributed by atoms with E-state index in [1.54, 1.807) is 0 Å². The quantitative estimate of drug-likeness (QED) is 0.876. The number of aromatic nitrogens is 4. The SMILES string of the molecule is COc1cc(C(F)(F)F)c(-c2ncn[nH]2)cn1. The number of alkyl halides is 3. The van der Waals surface area contributed by atoms with Crippen LogP contribution in [0, 0.1) is 0 Å². The lowest BCUT2D eigenvalue weighted by atomic mass is 10.1. The highest BCUT2D eigenvalue weighted by molar-refractivity contribution is 5.60. The number of halogens is 3. The van der Waals surface area contributed by atoms with Crippen LogP contribution in [0.2, 0.25) is 0 Å². The number of nitrogens with one attached hydrogen (secondary N) is 1. The van der Waals surface area contributed by atoms with E-state index in [0.29, 0.717) is 0 Å². The van der Waals surface area contributed by atoms with Crippen molar-refractivity contribution < 1.29 is 17.9 Å². The van der Waals surface area contributed by atoms with Gasteiger partial charge in [0, 0.05) is 17.8 Å². The van der Waals surface area contributed by atoms with Crippen LogP contribution in [0.1, 0.15) is 5.56 Å². The van der Waals surface area contributed by atoms with E-state index < -0.39 is 11.7 Å². The van der Waals surface area contributed by atoms with Gasteiger partial charge in [-0.3, -0.25) is 5.10 Å². The molecule has 0 radical (unpaired) electrons. The van der Waals surface area contributed by atoms with Crippen molar-refractivity contribution in [3.05, 3.63) is 24.2 Å². The van der Waals surface area contributed by atoms with Crippen LogP contribution in [-0.4, -0.2) is 27.3 Å². The molecule has 8 heteroatoms. The molecule has 17 heavy (non-hydrogen) atoms. The van der Waals surface area contributed by atoms with Crippen molar-refractivity contribution in [1.82, 2.24) is 20.2 Å². The first-order chi connectivity index (χ1) is 8.02. The van der Waals surface area contributed by atoms with Gasteiger partial charge in [0.2, 0.25) is 5.88 Å². The third-order valence-electron chi connectivity index (χ3n) is 2.06. The fraction of sp³-hybridized carbons (Fsp3) is 0.222. The number of aromatic amines is 1. The van der Waals surface area contributed by atoms with E-state index in [4.69, 9.17) is 0 Å². The van der Waals surface area contributed by atoms with Gasteiger partial charge in [0.05, 0.1) is 12.7 Å². The average Bonchev–Trinajstić information content (AvgIpc) is 2.80. The third-order valence-corrected chi connectivity index (χ3v) is 2.06. The van der Waals surface area contributed by atoms with Crippen molar-refractivity contribution in [3.63, 3.8) is 0 Å². The zero-order valence-corrected chi connectivity index (χ0v) is 8.62. The summed E-state index contributed by atoms with van der Waals surface area (Å²) in [5.74, 6) is -0.104. The topological polar surface area (TPSA) is 63.7 Å². The maximum Gasteiger partial charge on any atom is 0.417 e. The van der Waals surface area contributed by atoms with Crippen molar-refractivity contribution in [3.8, 4) is 17.3 Å². The molecule has 0 aromatic carbocycles. The summed E-state index contributed by atoms with van der Waals surface area (Å²) in [7, 11) is 1.25. The summed E-state index contributed by atoms with van der Waals surface area (Å²) in [5, 5.41) is 5.86. The smallest absolute Gasteiger partial charge is 0.417 e.